The molecule has 0 bridgehead atoms. The minimum Gasteiger partial charge on any atom is -0.346 e. The molecule has 0 radical (unpaired) electrons. The summed E-state index contributed by atoms with van der Waals surface area (Å²) >= 11 is 0. The lowest BCUT2D eigenvalue weighted by Gasteiger charge is -2.04. The third kappa shape index (κ3) is 2.99. The second-order valence-electron chi connectivity index (χ2n) is 5.17. The number of nitrogens with one attached hydrogen (secondary N) is 1. The Kier molecular flexibility index (Phi) is 3.56. The third-order valence-electron chi connectivity index (χ3n) is 3.43. The normalized spacial score (nSPS) is 15.5. The Balaban J connectivity index is 1.77. The highest BCUT2D eigenvalue weighted by atomic mass is 32.2. The minimum atomic E-state index is -3.58. The lowest BCUT2D eigenvalue weighted by Crippen LogP contribution is -2.23. The fourth-order valence-corrected chi connectivity index (χ4v) is 3.24. The lowest BCUT2D eigenvalue weighted by atomic mass is 10.4. The van der Waals surface area contributed by atoms with Gasteiger partial charge in [0.25, 0.3) is 0 Å². The maximum absolute atomic E-state index is 12.3. The van der Waals surface area contributed by atoms with Gasteiger partial charge in [0, 0.05) is 31.5 Å². The molecule has 0 unspecified atom stereocenters. The van der Waals surface area contributed by atoms with Crippen LogP contribution in [0.15, 0.2) is 23.5 Å². The number of hydrogen-bond acceptors (Lipinski definition) is 5. The molecule has 2 aromatic heterocycles. The van der Waals surface area contributed by atoms with E-state index in [-0.39, 0.29) is 11.4 Å². The van der Waals surface area contributed by atoms with E-state index < -0.39 is 10.0 Å². The second kappa shape index (κ2) is 5.24. The Morgan fingerprint density at radius 2 is 2.24 bits per heavy atom. The summed E-state index contributed by atoms with van der Waals surface area (Å²) in [7, 11) is -1.85. The first-order valence-corrected chi connectivity index (χ1v) is 8.23. The molecule has 1 aliphatic carbocycles. The van der Waals surface area contributed by atoms with Crippen LogP contribution in [0.3, 0.4) is 0 Å². The van der Waals surface area contributed by atoms with Crippen molar-refractivity contribution in [3.05, 3.63) is 30.1 Å². The smallest absolute Gasteiger partial charge is 0.242 e. The highest BCUT2D eigenvalue weighted by Crippen LogP contribution is 2.37. The predicted octanol–water partition coefficient (Wildman–Crippen LogP) is -0.111. The summed E-state index contributed by atoms with van der Waals surface area (Å²) in [5.41, 5.74) is 6.52. The number of hydrogen-bond donors (Lipinski definition) is 2. The third-order valence-corrected chi connectivity index (χ3v) is 4.80. The molecule has 1 fully saturated rings. The average Bonchev–Trinajstić information content (AvgIpc) is 3.05. The maximum Gasteiger partial charge on any atom is 0.242 e. The van der Waals surface area contributed by atoms with Crippen molar-refractivity contribution in [3.63, 3.8) is 0 Å². The molecule has 3 rings (SSSR count). The van der Waals surface area contributed by atoms with Crippen molar-refractivity contribution in [2.24, 2.45) is 12.8 Å². The van der Waals surface area contributed by atoms with Crippen molar-refractivity contribution in [2.75, 3.05) is 0 Å². The van der Waals surface area contributed by atoms with E-state index in [0.29, 0.717) is 18.4 Å². The van der Waals surface area contributed by atoms with Gasteiger partial charge in [-0.25, -0.2) is 18.1 Å². The number of rotatable bonds is 6. The Morgan fingerprint density at radius 1 is 1.48 bits per heavy atom. The average molecular weight is 310 g/mol. The lowest BCUT2D eigenvalue weighted by molar-refractivity contribution is 0.578. The molecule has 2 aromatic rings. The van der Waals surface area contributed by atoms with Gasteiger partial charge >= 0.3 is 0 Å². The maximum atomic E-state index is 12.3. The standard InChI is InChI=1S/C12H18N6O2S/c1-17-8-14-12(16-17)6-15-21(19,20)11-4-10(5-13)18(7-11)9-2-3-9/h4,7-9,15H,2-3,5-6,13H2,1H3. The van der Waals surface area contributed by atoms with Crippen molar-refractivity contribution in [1.82, 2.24) is 24.1 Å². The summed E-state index contributed by atoms with van der Waals surface area (Å²) < 4.78 is 30.6. The van der Waals surface area contributed by atoms with Gasteiger partial charge in [-0.05, 0) is 18.9 Å². The molecule has 0 saturated heterocycles. The summed E-state index contributed by atoms with van der Waals surface area (Å²) in [6, 6.07) is 2.02. The molecule has 114 valence electrons. The van der Waals surface area contributed by atoms with E-state index in [1.807, 2.05) is 4.57 Å². The van der Waals surface area contributed by atoms with E-state index in [1.54, 1.807) is 19.3 Å². The minimum absolute atomic E-state index is 0.0652. The summed E-state index contributed by atoms with van der Waals surface area (Å²) in [5.74, 6) is 0.432. The van der Waals surface area contributed by atoms with E-state index >= 15 is 0 Å². The van der Waals surface area contributed by atoms with Crippen molar-refractivity contribution in [2.45, 2.75) is 36.9 Å². The predicted molar refractivity (Wildman–Crippen MR) is 75.6 cm³/mol. The molecule has 9 heteroatoms. The zero-order valence-electron chi connectivity index (χ0n) is 11.7. The largest absolute Gasteiger partial charge is 0.346 e. The van der Waals surface area contributed by atoms with Crippen LogP contribution in [0.1, 0.15) is 30.4 Å². The topological polar surface area (TPSA) is 108 Å². The molecule has 0 aliphatic heterocycles. The van der Waals surface area contributed by atoms with Gasteiger partial charge in [0.2, 0.25) is 10.0 Å². The summed E-state index contributed by atoms with van der Waals surface area (Å²) in [4.78, 5) is 4.23. The van der Waals surface area contributed by atoms with Gasteiger partial charge in [-0.2, -0.15) is 5.10 Å². The first-order valence-electron chi connectivity index (χ1n) is 6.74. The van der Waals surface area contributed by atoms with Crippen LogP contribution in [-0.2, 0) is 30.2 Å². The van der Waals surface area contributed by atoms with Crippen LogP contribution in [0.5, 0.6) is 0 Å². The highest BCUT2D eigenvalue weighted by molar-refractivity contribution is 7.89. The first kappa shape index (κ1) is 14.2. The zero-order valence-corrected chi connectivity index (χ0v) is 12.5. The van der Waals surface area contributed by atoms with E-state index in [0.717, 1.165) is 18.5 Å². The monoisotopic (exact) mass is 310 g/mol. The van der Waals surface area contributed by atoms with Crippen LogP contribution in [-0.4, -0.2) is 27.7 Å². The number of nitrogens with two attached hydrogens (primary N) is 1. The zero-order chi connectivity index (χ0) is 15.0. The number of sulfonamides is 1. The Hall–Kier alpha value is -1.71. The first-order chi connectivity index (χ1) is 9.99. The van der Waals surface area contributed by atoms with Gasteiger partial charge < -0.3 is 10.3 Å². The molecule has 0 atom stereocenters. The molecule has 0 amide bonds. The molecular weight excluding hydrogens is 292 g/mol. The van der Waals surface area contributed by atoms with E-state index in [1.165, 1.54) is 11.0 Å². The van der Waals surface area contributed by atoms with E-state index in [4.69, 9.17) is 5.73 Å². The van der Waals surface area contributed by atoms with Crippen molar-refractivity contribution < 1.29 is 8.42 Å². The van der Waals surface area contributed by atoms with Crippen LogP contribution in [0.4, 0.5) is 0 Å². The SMILES string of the molecule is Cn1cnc(CNS(=O)(=O)c2cc(CN)n(C3CC3)c2)n1. The summed E-state index contributed by atoms with van der Waals surface area (Å²) in [6.45, 7) is 0.392. The number of aryl methyl sites for hydroxylation is 1. The number of nitrogens with zero attached hydrogens (tertiary/aromatic N) is 4. The molecule has 8 nitrogen and oxygen atoms in total. The molecule has 3 N–H and O–H groups in total. The molecule has 1 saturated carbocycles. The fourth-order valence-electron chi connectivity index (χ4n) is 2.21. The molecule has 1 aliphatic rings. The fraction of sp³-hybridized carbons (Fsp3) is 0.500. The summed E-state index contributed by atoms with van der Waals surface area (Å²) in [5, 5.41) is 4.04. The van der Waals surface area contributed by atoms with Gasteiger partial charge in [-0.1, -0.05) is 0 Å². The van der Waals surface area contributed by atoms with Crippen LogP contribution in [0.2, 0.25) is 0 Å². The van der Waals surface area contributed by atoms with Gasteiger partial charge in [0.05, 0.1) is 11.4 Å². The van der Waals surface area contributed by atoms with Gasteiger partial charge in [0.15, 0.2) is 5.82 Å². The Labute approximate surface area is 123 Å². The van der Waals surface area contributed by atoms with E-state index in [9.17, 15) is 8.42 Å². The van der Waals surface area contributed by atoms with Gasteiger partial charge in [-0.3, -0.25) is 4.68 Å². The van der Waals surface area contributed by atoms with Gasteiger partial charge in [0.1, 0.15) is 6.33 Å². The van der Waals surface area contributed by atoms with Crippen molar-refractivity contribution >= 4 is 10.0 Å². The second-order valence-corrected chi connectivity index (χ2v) is 6.94. The van der Waals surface area contributed by atoms with Gasteiger partial charge in [-0.15, -0.1) is 0 Å². The molecule has 0 aromatic carbocycles. The Bertz CT molecular complexity index is 744. The molecular formula is C12H18N6O2S. The quantitative estimate of drug-likeness (QED) is 0.774. The van der Waals surface area contributed by atoms with Crippen LogP contribution < -0.4 is 10.5 Å². The Morgan fingerprint density at radius 3 is 2.81 bits per heavy atom. The van der Waals surface area contributed by atoms with Crippen molar-refractivity contribution in [1.29, 1.82) is 0 Å². The molecule has 2 heterocycles. The highest BCUT2D eigenvalue weighted by Gasteiger charge is 2.27. The molecule has 21 heavy (non-hydrogen) atoms. The van der Waals surface area contributed by atoms with Crippen LogP contribution in [0, 0.1) is 0 Å². The van der Waals surface area contributed by atoms with Crippen LogP contribution >= 0.6 is 0 Å². The van der Waals surface area contributed by atoms with E-state index in [2.05, 4.69) is 14.8 Å². The van der Waals surface area contributed by atoms with Crippen LogP contribution in [0.25, 0.3) is 0 Å². The molecule has 0 spiro atoms. The number of aromatic nitrogens is 4. The summed E-state index contributed by atoms with van der Waals surface area (Å²) in [6.07, 6.45) is 5.34. The van der Waals surface area contributed by atoms with Crippen molar-refractivity contribution in [3.8, 4) is 0 Å².